The summed E-state index contributed by atoms with van der Waals surface area (Å²) < 4.78 is 0. The minimum absolute atomic E-state index is 0.0901. The van der Waals surface area contributed by atoms with E-state index >= 15 is 0 Å². The number of benzene rings is 1. The second-order valence-corrected chi connectivity index (χ2v) is 6.70. The van der Waals surface area contributed by atoms with Crippen molar-refractivity contribution in [2.45, 2.75) is 38.6 Å². The molecule has 0 spiro atoms. The number of hydrogen-bond acceptors (Lipinski definition) is 4. The fourth-order valence-electron chi connectivity index (χ4n) is 3.67. The van der Waals surface area contributed by atoms with Crippen molar-refractivity contribution in [3.8, 4) is 5.75 Å². The van der Waals surface area contributed by atoms with Crippen LogP contribution in [0.5, 0.6) is 5.75 Å². The molecule has 1 aromatic rings. The van der Waals surface area contributed by atoms with Crippen LogP contribution in [0.2, 0.25) is 0 Å². The largest absolute Gasteiger partial charge is 0.507 e. The molecule has 2 saturated heterocycles. The predicted molar refractivity (Wildman–Crippen MR) is 92.1 cm³/mol. The fourth-order valence-corrected chi connectivity index (χ4v) is 3.67. The molecule has 0 aromatic heterocycles. The number of amides is 2. The van der Waals surface area contributed by atoms with Gasteiger partial charge in [-0.2, -0.15) is 0 Å². The van der Waals surface area contributed by atoms with E-state index in [2.05, 4.69) is 10.2 Å². The number of nitrogens with one attached hydrogen (secondary N) is 1. The summed E-state index contributed by atoms with van der Waals surface area (Å²) in [5.74, 6) is -0.438. The zero-order valence-corrected chi connectivity index (χ0v) is 14.1. The SMILES string of the molecule is CC(=O)Nc1ccc(C(=O)N2CC[C@@H](N3CCCCC3)C2)c(O)c1. The van der Waals surface area contributed by atoms with E-state index in [1.165, 1.54) is 32.3 Å². The first kappa shape index (κ1) is 16.8. The number of piperidine rings is 1. The maximum Gasteiger partial charge on any atom is 0.257 e. The number of carbonyl (C=O) groups excluding carboxylic acids is 2. The third-order valence-corrected chi connectivity index (χ3v) is 4.91. The Kier molecular flexibility index (Phi) is 5.04. The molecule has 2 fully saturated rings. The predicted octanol–water partition coefficient (Wildman–Crippen LogP) is 2.05. The number of carbonyl (C=O) groups is 2. The molecular formula is C18H25N3O3. The van der Waals surface area contributed by atoms with Crippen molar-refractivity contribution in [2.24, 2.45) is 0 Å². The lowest BCUT2D eigenvalue weighted by atomic mass is 10.1. The van der Waals surface area contributed by atoms with Crippen molar-refractivity contribution in [3.05, 3.63) is 23.8 Å². The molecule has 6 nitrogen and oxygen atoms in total. The highest BCUT2D eigenvalue weighted by Gasteiger charge is 2.32. The van der Waals surface area contributed by atoms with Gasteiger partial charge in [-0.05, 0) is 44.5 Å². The van der Waals surface area contributed by atoms with E-state index in [9.17, 15) is 14.7 Å². The summed E-state index contributed by atoms with van der Waals surface area (Å²) in [6, 6.07) is 5.09. The second-order valence-electron chi connectivity index (χ2n) is 6.70. The van der Waals surface area contributed by atoms with Crippen molar-refractivity contribution in [3.63, 3.8) is 0 Å². The highest BCUT2D eigenvalue weighted by Crippen LogP contribution is 2.26. The lowest BCUT2D eigenvalue weighted by Gasteiger charge is -2.32. The lowest BCUT2D eigenvalue weighted by molar-refractivity contribution is -0.114. The molecule has 2 N–H and O–H groups in total. The van der Waals surface area contributed by atoms with Crippen LogP contribution in [0.25, 0.3) is 0 Å². The summed E-state index contributed by atoms with van der Waals surface area (Å²) in [6.45, 7) is 5.12. The number of hydrogen-bond donors (Lipinski definition) is 2. The Morgan fingerprint density at radius 3 is 2.58 bits per heavy atom. The first-order chi connectivity index (χ1) is 11.5. The van der Waals surface area contributed by atoms with Crippen LogP contribution in [0.15, 0.2) is 18.2 Å². The molecule has 1 atom stereocenters. The molecule has 0 saturated carbocycles. The van der Waals surface area contributed by atoms with Crippen LogP contribution in [0.1, 0.15) is 43.0 Å². The molecule has 0 radical (unpaired) electrons. The monoisotopic (exact) mass is 331 g/mol. The van der Waals surface area contributed by atoms with Crippen molar-refractivity contribution in [2.75, 3.05) is 31.5 Å². The van der Waals surface area contributed by atoms with E-state index < -0.39 is 0 Å². The van der Waals surface area contributed by atoms with Gasteiger partial charge in [0.2, 0.25) is 5.91 Å². The summed E-state index contributed by atoms with van der Waals surface area (Å²) in [6.07, 6.45) is 4.79. The molecule has 24 heavy (non-hydrogen) atoms. The molecule has 2 aliphatic rings. The maximum atomic E-state index is 12.7. The van der Waals surface area contributed by atoms with Crippen molar-refractivity contribution in [1.82, 2.24) is 9.80 Å². The lowest BCUT2D eigenvalue weighted by Crippen LogP contribution is -2.41. The van der Waals surface area contributed by atoms with Crippen molar-refractivity contribution in [1.29, 1.82) is 0 Å². The van der Waals surface area contributed by atoms with Gasteiger partial charge >= 0.3 is 0 Å². The Bertz CT molecular complexity index is 626. The molecule has 0 unspecified atom stereocenters. The van der Waals surface area contributed by atoms with Crippen LogP contribution < -0.4 is 5.32 Å². The quantitative estimate of drug-likeness (QED) is 0.889. The number of aromatic hydroxyl groups is 1. The number of phenols is 1. The number of anilines is 1. The van der Waals surface area contributed by atoms with E-state index in [-0.39, 0.29) is 17.6 Å². The molecule has 6 heteroatoms. The molecule has 1 aromatic carbocycles. The van der Waals surface area contributed by atoms with Gasteiger partial charge in [0.15, 0.2) is 0 Å². The zero-order chi connectivity index (χ0) is 17.1. The fraction of sp³-hybridized carbons (Fsp3) is 0.556. The Morgan fingerprint density at radius 2 is 1.92 bits per heavy atom. The Balaban J connectivity index is 1.65. The summed E-state index contributed by atoms with van der Waals surface area (Å²) in [7, 11) is 0. The second kappa shape index (κ2) is 7.21. The molecule has 2 heterocycles. The van der Waals surface area contributed by atoms with E-state index in [4.69, 9.17) is 0 Å². The van der Waals surface area contributed by atoms with Gasteiger partial charge < -0.3 is 15.3 Å². The van der Waals surface area contributed by atoms with Crippen LogP contribution in [0.4, 0.5) is 5.69 Å². The van der Waals surface area contributed by atoms with E-state index in [1.54, 1.807) is 12.1 Å². The molecule has 130 valence electrons. The topological polar surface area (TPSA) is 72.9 Å². The first-order valence-corrected chi connectivity index (χ1v) is 8.68. The Hall–Kier alpha value is -2.08. The van der Waals surface area contributed by atoms with Crippen molar-refractivity contribution >= 4 is 17.5 Å². The van der Waals surface area contributed by atoms with Gasteiger partial charge in [-0.15, -0.1) is 0 Å². The minimum atomic E-state index is -0.211. The van der Waals surface area contributed by atoms with Gasteiger partial charge in [-0.3, -0.25) is 14.5 Å². The van der Waals surface area contributed by atoms with Crippen molar-refractivity contribution < 1.29 is 14.7 Å². The third-order valence-electron chi connectivity index (χ3n) is 4.91. The number of nitrogens with zero attached hydrogens (tertiary/aromatic N) is 2. The molecule has 2 amide bonds. The van der Waals surface area contributed by atoms with Crippen LogP contribution in [0, 0.1) is 0 Å². The number of likely N-dealkylation sites (tertiary alicyclic amines) is 2. The van der Waals surface area contributed by atoms with Crippen LogP contribution in [0.3, 0.4) is 0 Å². The van der Waals surface area contributed by atoms with Crippen LogP contribution in [-0.2, 0) is 4.79 Å². The third kappa shape index (κ3) is 3.70. The minimum Gasteiger partial charge on any atom is -0.507 e. The van der Waals surface area contributed by atoms with Gasteiger partial charge in [-0.25, -0.2) is 0 Å². The molecular weight excluding hydrogens is 306 g/mol. The number of rotatable bonds is 3. The number of phenolic OH excluding ortho intramolecular Hbond substituents is 1. The van der Waals surface area contributed by atoms with Crippen LogP contribution in [-0.4, -0.2) is 58.9 Å². The average Bonchev–Trinajstić information content (AvgIpc) is 3.05. The summed E-state index contributed by atoms with van der Waals surface area (Å²) in [5, 5.41) is 12.7. The highest BCUT2D eigenvalue weighted by molar-refractivity contribution is 5.98. The highest BCUT2D eigenvalue weighted by atomic mass is 16.3. The Morgan fingerprint density at radius 1 is 1.17 bits per heavy atom. The first-order valence-electron chi connectivity index (χ1n) is 8.68. The van der Waals surface area contributed by atoms with E-state index in [0.717, 1.165) is 32.6 Å². The van der Waals surface area contributed by atoms with Gasteiger partial charge in [0, 0.05) is 37.8 Å². The molecule has 3 rings (SSSR count). The molecule has 0 bridgehead atoms. The van der Waals surface area contributed by atoms with E-state index in [0.29, 0.717) is 17.3 Å². The normalized spacial score (nSPS) is 21.7. The maximum absolute atomic E-state index is 12.7. The molecule has 0 aliphatic carbocycles. The van der Waals surface area contributed by atoms with Gasteiger partial charge in [0.1, 0.15) is 5.75 Å². The zero-order valence-electron chi connectivity index (χ0n) is 14.1. The molecule has 2 aliphatic heterocycles. The van der Waals surface area contributed by atoms with E-state index in [1.807, 2.05) is 4.90 Å². The summed E-state index contributed by atoms with van der Waals surface area (Å²) >= 11 is 0. The van der Waals surface area contributed by atoms with Gasteiger partial charge in [0.25, 0.3) is 5.91 Å². The summed E-state index contributed by atoms with van der Waals surface area (Å²) in [5.41, 5.74) is 0.785. The summed E-state index contributed by atoms with van der Waals surface area (Å²) in [4.78, 5) is 28.1. The Labute approximate surface area is 142 Å². The van der Waals surface area contributed by atoms with Gasteiger partial charge in [-0.1, -0.05) is 6.42 Å². The van der Waals surface area contributed by atoms with Gasteiger partial charge in [0.05, 0.1) is 5.56 Å². The smallest absolute Gasteiger partial charge is 0.257 e. The standard InChI is InChI=1S/C18H25N3O3/c1-13(22)19-14-5-6-16(17(23)11-14)18(24)21-10-7-15(12-21)20-8-3-2-4-9-20/h5-6,11,15,23H,2-4,7-10,12H2,1H3,(H,19,22)/t15-/m1/s1. The van der Waals surface area contributed by atoms with Crippen LogP contribution >= 0.6 is 0 Å². The average molecular weight is 331 g/mol.